The average Bonchev–Trinajstić information content (AvgIpc) is 2.77. The van der Waals surface area contributed by atoms with Crippen LogP contribution in [0.5, 0.6) is 11.5 Å². The van der Waals surface area contributed by atoms with E-state index in [1.54, 1.807) is 48.5 Å². The first kappa shape index (κ1) is 27.1. The minimum Gasteiger partial charge on any atom is -0.491 e. The third-order valence-corrected chi connectivity index (χ3v) is 5.31. The molecule has 0 aliphatic rings. The predicted molar refractivity (Wildman–Crippen MR) is 128 cm³/mol. The molecule has 2 aromatic carbocycles. The van der Waals surface area contributed by atoms with E-state index in [9.17, 15) is 19.8 Å². The lowest BCUT2D eigenvalue weighted by Gasteiger charge is -2.28. The third kappa shape index (κ3) is 10.2. The molecular weight excluding hydrogens is 438 g/mol. The fourth-order valence-corrected chi connectivity index (χ4v) is 3.48. The van der Waals surface area contributed by atoms with E-state index in [2.05, 4.69) is 0 Å². The zero-order chi connectivity index (χ0) is 25.1. The molecule has 0 aliphatic heterocycles. The summed E-state index contributed by atoms with van der Waals surface area (Å²) in [5.41, 5.74) is 12.0. The van der Waals surface area contributed by atoms with Crippen LogP contribution in [0.1, 0.15) is 24.0 Å². The van der Waals surface area contributed by atoms with Crippen molar-refractivity contribution in [2.24, 2.45) is 11.5 Å². The van der Waals surface area contributed by atoms with Crippen LogP contribution in [0.25, 0.3) is 0 Å². The number of ether oxygens (including phenoxy) is 2. The van der Waals surface area contributed by atoms with Crippen molar-refractivity contribution >= 4 is 11.8 Å². The minimum absolute atomic E-state index is 0.0897. The van der Waals surface area contributed by atoms with Crippen LogP contribution < -0.4 is 20.9 Å². The molecule has 186 valence electrons. The summed E-state index contributed by atoms with van der Waals surface area (Å²) in [5, 5.41) is 20.9. The number of nitrogens with zero attached hydrogens (tertiary/aromatic N) is 1. The van der Waals surface area contributed by atoms with Crippen LogP contribution in [0, 0.1) is 0 Å². The molecule has 0 bridgehead atoms. The molecule has 2 rings (SSSR count). The highest BCUT2D eigenvalue weighted by molar-refractivity contribution is 5.77. The summed E-state index contributed by atoms with van der Waals surface area (Å²) in [4.78, 5) is 23.9. The molecule has 0 saturated heterocycles. The number of amides is 2. The molecule has 34 heavy (non-hydrogen) atoms. The van der Waals surface area contributed by atoms with E-state index in [0.717, 1.165) is 11.1 Å². The fraction of sp³-hybridized carbons (Fsp3) is 0.440. The van der Waals surface area contributed by atoms with Crippen LogP contribution in [0.2, 0.25) is 0 Å². The van der Waals surface area contributed by atoms with E-state index in [1.165, 1.54) is 0 Å². The van der Waals surface area contributed by atoms with Crippen LogP contribution in [0.4, 0.5) is 0 Å². The molecule has 0 aliphatic carbocycles. The Bertz CT molecular complexity index is 830. The summed E-state index contributed by atoms with van der Waals surface area (Å²) < 4.78 is 11.3. The SMILES string of the molecule is CN(C)C(CC(O)COc1ccc(CC(N)=O)cc1)CC(O)COc1ccc(CC(N)=O)cc1. The van der Waals surface area contributed by atoms with Gasteiger partial charge in [0.05, 0.1) is 25.0 Å². The van der Waals surface area contributed by atoms with Gasteiger partial charge in [0.2, 0.25) is 11.8 Å². The van der Waals surface area contributed by atoms with E-state index >= 15 is 0 Å². The molecular formula is C25H35N3O6. The number of hydrogen-bond acceptors (Lipinski definition) is 7. The molecule has 0 fully saturated rings. The van der Waals surface area contributed by atoms with Crippen molar-refractivity contribution in [3.63, 3.8) is 0 Å². The normalized spacial score (nSPS) is 13.8. The highest BCUT2D eigenvalue weighted by atomic mass is 16.5. The topological polar surface area (TPSA) is 148 Å². The Morgan fingerprint density at radius 2 is 1.12 bits per heavy atom. The molecule has 2 atom stereocenters. The Morgan fingerprint density at radius 3 is 1.41 bits per heavy atom. The van der Waals surface area contributed by atoms with Gasteiger partial charge in [-0.25, -0.2) is 0 Å². The highest BCUT2D eigenvalue weighted by Gasteiger charge is 2.21. The van der Waals surface area contributed by atoms with Crippen molar-refractivity contribution in [3.05, 3.63) is 59.7 Å². The Balaban J connectivity index is 1.77. The molecule has 0 radical (unpaired) electrons. The van der Waals surface area contributed by atoms with Crippen molar-refractivity contribution in [1.82, 2.24) is 4.90 Å². The number of aliphatic hydroxyl groups excluding tert-OH is 2. The number of carbonyl (C=O) groups excluding carboxylic acids is 2. The molecule has 2 amide bonds. The monoisotopic (exact) mass is 473 g/mol. The number of aliphatic hydroxyl groups is 2. The number of primary amides is 2. The van der Waals surface area contributed by atoms with Gasteiger partial charge in [0.15, 0.2) is 0 Å². The van der Waals surface area contributed by atoms with Crippen LogP contribution >= 0.6 is 0 Å². The lowest BCUT2D eigenvalue weighted by molar-refractivity contribution is -0.118. The molecule has 0 aromatic heterocycles. The Labute approximate surface area is 200 Å². The molecule has 2 aromatic rings. The van der Waals surface area contributed by atoms with Gasteiger partial charge < -0.3 is 36.1 Å². The maximum atomic E-state index is 11.0. The van der Waals surface area contributed by atoms with Gasteiger partial charge in [-0.1, -0.05) is 24.3 Å². The van der Waals surface area contributed by atoms with Gasteiger partial charge in [0.1, 0.15) is 24.7 Å². The first-order valence-electron chi connectivity index (χ1n) is 11.1. The third-order valence-electron chi connectivity index (χ3n) is 5.31. The van der Waals surface area contributed by atoms with E-state index in [-0.39, 0.29) is 32.1 Å². The van der Waals surface area contributed by atoms with E-state index in [1.807, 2.05) is 19.0 Å². The predicted octanol–water partition coefficient (Wildman–Crippen LogP) is 0.632. The summed E-state index contributed by atoms with van der Waals surface area (Å²) in [6, 6.07) is 13.9. The van der Waals surface area contributed by atoms with Gasteiger partial charge in [-0.15, -0.1) is 0 Å². The fourth-order valence-electron chi connectivity index (χ4n) is 3.48. The number of benzene rings is 2. The van der Waals surface area contributed by atoms with Gasteiger partial charge in [-0.3, -0.25) is 9.59 Å². The van der Waals surface area contributed by atoms with E-state index < -0.39 is 24.0 Å². The van der Waals surface area contributed by atoms with Crippen molar-refractivity contribution in [2.45, 2.75) is 43.9 Å². The van der Waals surface area contributed by atoms with Gasteiger partial charge >= 0.3 is 0 Å². The lowest BCUT2D eigenvalue weighted by Crippen LogP contribution is -2.37. The Hall–Kier alpha value is -3.14. The maximum Gasteiger partial charge on any atom is 0.221 e. The van der Waals surface area contributed by atoms with Crippen molar-refractivity contribution in [1.29, 1.82) is 0 Å². The maximum absolute atomic E-state index is 11.0. The van der Waals surface area contributed by atoms with Gasteiger partial charge in [0, 0.05) is 6.04 Å². The molecule has 2 unspecified atom stereocenters. The van der Waals surface area contributed by atoms with Crippen LogP contribution in [0.3, 0.4) is 0 Å². The van der Waals surface area contributed by atoms with Gasteiger partial charge in [-0.2, -0.15) is 0 Å². The quantitative estimate of drug-likeness (QED) is 0.296. The zero-order valence-electron chi connectivity index (χ0n) is 19.7. The standard InChI is InChI=1S/C25H35N3O6/c1-28(2)19(13-20(29)15-33-22-7-3-17(4-8-22)11-24(26)31)14-21(30)16-34-23-9-5-18(6-10-23)12-25(27)32/h3-10,19-21,29-30H,11-16H2,1-2H3,(H2,26,31)(H2,27,32). The van der Waals surface area contributed by atoms with Crippen LogP contribution in [-0.4, -0.2) is 72.5 Å². The molecule has 0 heterocycles. The van der Waals surface area contributed by atoms with Gasteiger partial charge in [-0.05, 0) is 62.3 Å². The smallest absolute Gasteiger partial charge is 0.221 e. The summed E-state index contributed by atoms with van der Waals surface area (Å²) in [5.74, 6) is 0.377. The second-order valence-electron chi connectivity index (χ2n) is 8.59. The Kier molecular flexibility index (Phi) is 10.8. The summed E-state index contributed by atoms with van der Waals surface area (Å²) in [7, 11) is 3.78. The number of rotatable bonds is 15. The number of hydrogen-bond donors (Lipinski definition) is 4. The number of nitrogens with two attached hydrogens (primary N) is 2. The average molecular weight is 474 g/mol. The zero-order valence-corrected chi connectivity index (χ0v) is 19.7. The van der Waals surface area contributed by atoms with Crippen molar-refractivity contribution in [3.8, 4) is 11.5 Å². The molecule has 0 spiro atoms. The highest BCUT2D eigenvalue weighted by Crippen LogP contribution is 2.17. The Morgan fingerprint density at radius 1 is 0.765 bits per heavy atom. The van der Waals surface area contributed by atoms with E-state index in [0.29, 0.717) is 24.3 Å². The minimum atomic E-state index is -0.733. The molecule has 6 N–H and O–H groups in total. The number of carbonyl (C=O) groups is 2. The molecule has 9 heteroatoms. The van der Waals surface area contributed by atoms with Crippen molar-refractivity contribution < 1.29 is 29.3 Å². The van der Waals surface area contributed by atoms with Crippen LogP contribution in [0.15, 0.2) is 48.5 Å². The second-order valence-corrected chi connectivity index (χ2v) is 8.59. The molecule has 9 nitrogen and oxygen atoms in total. The first-order chi connectivity index (χ1) is 16.1. The first-order valence-corrected chi connectivity index (χ1v) is 11.1. The van der Waals surface area contributed by atoms with E-state index in [4.69, 9.17) is 20.9 Å². The summed E-state index contributed by atoms with van der Waals surface area (Å²) in [6.45, 7) is 0.202. The van der Waals surface area contributed by atoms with Gasteiger partial charge in [0.25, 0.3) is 0 Å². The summed E-state index contributed by atoms with van der Waals surface area (Å²) in [6.07, 6.45) is -0.315. The van der Waals surface area contributed by atoms with Crippen LogP contribution in [-0.2, 0) is 22.4 Å². The van der Waals surface area contributed by atoms with Crippen molar-refractivity contribution in [2.75, 3.05) is 27.3 Å². The molecule has 0 saturated carbocycles. The largest absolute Gasteiger partial charge is 0.491 e. The second kappa shape index (κ2) is 13.5. The summed E-state index contributed by atoms with van der Waals surface area (Å²) >= 11 is 0. The lowest BCUT2D eigenvalue weighted by atomic mass is 10.0.